The Bertz CT molecular complexity index is 885. The molecule has 0 amide bonds. The third-order valence-corrected chi connectivity index (χ3v) is 5.44. The number of phenols is 1. The predicted molar refractivity (Wildman–Crippen MR) is 118 cm³/mol. The molecule has 0 saturated carbocycles. The van der Waals surface area contributed by atoms with E-state index in [1.165, 1.54) is 0 Å². The molecule has 3 rings (SSSR count). The van der Waals surface area contributed by atoms with Gasteiger partial charge in [-0.2, -0.15) is 0 Å². The predicted octanol–water partition coefficient (Wildman–Crippen LogP) is 3.72. The molecule has 0 radical (unpaired) electrons. The molecule has 2 heterocycles. The van der Waals surface area contributed by atoms with Crippen LogP contribution >= 0.6 is 0 Å². The Hall–Kier alpha value is -2.67. The number of nitrogens with one attached hydrogen (secondary N) is 1. The molecule has 0 spiro atoms. The first-order valence-electron chi connectivity index (χ1n) is 10.7. The van der Waals surface area contributed by atoms with Gasteiger partial charge in [0.1, 0.15) is 11.6 Å². The van der Waals surface area contributed by atoms with E-state index in [4.69, 9.17) is 4.74 Å². The summed E-state index contributed by atoms with van der Waals surface area (Å²) in [5, 5.41) is 22.6. The summed E-state index contributed by atoms with van der Waals surface area (Å²) in [4.78, 5) is 13.9. The number of benzene rings is 1. The number of hydrogen-bond donors (Lipinski definition) is 2. The number of anilines is 1. The minimum atomic E-state index is -0.179. The summed E-state index contributed by atoms with van der Waals surface area (Å²) in [5.41, 5.74) is 3.40. The van der Waals surface area contributed by atoms with Gasteiger partial charge in [-0.15, -0.1) is 10.2 Å². The number of hydrogen-bond acceptors (Lipinski definition) is 7. The first-order chi connectivity index (χ1) is 14.4. The molecular weight excluding hydrogens is 380 g/mol. The van der Waals surface area contributed by atoms with Crippen molar-refractivity contribution in [3.05, 3.63) is 35.4 Å². The summed E-state index contributed by atoms with van der Waals surface area (Å²) in [5.74, 6) is 1.10. The lowest BCUT2D eigenvalue weighted by molar-refractivity contribution is -0.144. The van der Waals surface area contributed by atoms with Gasteiger partial charge in [-0.3, -0.25) is 9.69 Å². The smallest absolute Gasteiger partial charge is 0.320 e. The maximum atomic E-state index is 11.8. The number of carbonyl (C=O) groups excluding carboxylic acids is 1. The summed E-state index contributed by atoms with van der Waals surface area (Å²) in [6, 6.07) is 7.89. The van der Waals surface area contributed by atoms with Gasteiger partial charge >= 0.3 is 5.97 Å². The van der Waals surface area contributed by atoms with E-state index in [-0.39, 0.29) is 17.8 Å². The summed E-state index contributed by atoms with van der Waals surface area (Å²) in [7, 11) is 0. The van der Waals surface area contributed by atoms with Gasteiger partial charge in [-0.25, -0.2) is 0 Å². The van der Waals surface area contributed by atoms with Crippen LogP contribution < -0.4 is 5.32 Å². The van der Waals surface area contributed by atoms with Crippen molar-refractivity contribution in [3.63, 3.8) is 0 Å². The number of phenolic OH excluding ortho intramolecular Hbond substituents is 1. The monoisotopic (exact) mass is 412 g/mol. The maximum absolute atomic E-state index is 11.8. The van der Waals surface area contributed by atoms with Crippen molar-refractivity contribution in [2.24, 2.45) is 0 Å². The first kappa shape index (κ1) is 22.0. The van der Waals surface area contributed by atoms with Crippen LogP contribution in [0.15, 0.2) is 24.3 Å². The second-order valence-electron chi connectivity index (χ2n) is 8.22. The van der Waals surface area contributed by atoms with E-state index >= 15 is 0 Å². The largest absolute Gasteiger partial charge is 0.507 e. The number of carbonyl (C=O) groups is 1. The molecule has 1 aromatic carbocycles. The number of nitrogens with zero attached hydrogens (tertiary/aromatic N) is 3. The molecule has 162 valence electrons. The van der Waals surface area contributed by atoms with Gasteiger partial charge < -0.3 is 15.2 Å². The summed E-state index contributed by atoms with van der Waals surface area (Å²) in [6.45, 7) is 10.4. The Labute approximate surface area is 178 Å². The number of rotatable bonds is 7. The van der Waals surface area contributed by atoms with E-state index in [0.29, 0.717) is 36.1 Å². The van der Waals surface area contributed by atoms with E-state index in [0.717, 1.165) is 37.1 Å². The highest BCUT2D eigenvalue weighted by molar-refractivity contribution is 5.72. The van der Waals surface area contributed by atoms with Crippen LogP contribution in [0.4, 0.5) is 5.82 Å². The van der Waals surface area contributed by atoms with E-state index in [9.17, 15) is 9.90 Å². The van der Waals surface area contributed by atoms with Crippen molar-refractivity contribution >= 4 is 11.8 Å². The highest BCUT2D eigenvalue weighted by Crippen LogP contribution is 2.33. The highest BCUT2D eigenvalue weighted by atomic mass is 16.5. The van der Waals surface area contributed by atoms with Crippen LogP contribution in [-0.2, 0) is 9.53 Å². The molecule has 1 aliphatic rings. The van der Waals surface area contributed by atoms with Gasteiger partial charge in [0.05, 0.1) is 18.8 Å². The van der Waals surface area contributed by atoms with Gasteiger partial charge in [-0.05, 0) is 68.5 Å². The van der Waals surface area contributed by atoms with E-state index in [1.807, 2.05) is 32.0 Å². The molecule has 0 aliphatic carbocycles. The topological polar surface area (TPSA) is 87.6 Å². The van der Waals surface area contributed by atoms with Crippen molar-refractivity contribution in [3.8, 4) is 17.0 Å². The zero-order chi connectivity index (χ0) is 21.7. The van der Waals surface area contributed by atoms with Crippen LogP contribution in [0.5, 0.6) is 5.75 Å². The van der Waals surface area contributed by atoms with Crippen molar-refractivity contribution < 1.29 is 14.6 Å². The number of aromatic nitrogens is 2. The fraction of sp³-hybridized carbons (Fsp3) is 0.522. The van der Waals surface area contributed by atoms with Crippen LogP contribution in [0.25, 0.3) is 11.3 Å². The van der Waals surface area contributed by atoms with Gasteiger partial charge in [-0.1, -0.05) is 19.9 Å². The Morgan fingerprint density at radius 1 is 1.33 bits per heavy atom. The maximum Gasteiger partial charge on any atom is 0.320 e. The lowest BCUT2D eigenvalue weighted by Crippen LogP contribution is -2.44. The Kier molecular flexibility index (Phi) is 7.26. The summed E-state index contributed by atoms with van der Waals surface area (Å²) >= 11 is 0. The second kappa shape index (κ2) is 9.89. The van der Waals surface area contributed by atoms with Crippen LogP contribution in [-0.4, -0.2) is 58.5 Å². The normalized spacial score (nSPS) is 17.2. The number of ether oxygens (including phenoxy) is 1. The summed E-state index contributed by atoms with van der Waals surface area (Å²) in [6.07, 6.45) is 2.02. The van der Waals surface area contributed by atoms with Crippen LogP contribution in [0, 0.1) is 6.92 Å². The zero-order valence-corrected chi connectivity index (χ0v) is 18.3. The standard InChI is InChI=1S/C23H32N4O3/c1-5-30-22(29)14-27-10-6-7-18(13-27)24-21-11-16(4)23(26-25-21)19-9-8-17(15(2)3)12-20(19)28/h8-9,11-12,15,18,28H,5-7,10,13-14H2,1-4H3,(H,24,25)/t18-/m1/s1. The Balaban J connectivity index is 1.68. The lowest BCUT2D eigenvalue weighted by Gasteiger charge is -2.32. The van der Waals surface area contributed by atoms with Crippen LogP contribution in [0.1, 0.15) is 50.7 Å². The van der Waals surface area contributed by atoms with Crippen LogP contribution in [0.3, 0.4) is 0 Å². The Morgan fingerprint density at radius 3 is 2.80 bits per heavy atom. The molecule has 1 aromatic heterocycles. The average molecular weight is 413 g/mol. The van der Waals surface area contributed by atoms with E-state index < -0.39 is 0 Å². The van der Waals surface area contributed by atoms with Crippen molar-refractivity contribution in [1.82, 2.24) is 15.1 Å². The van der Waals surface area contributed by atoms with Crippen molar-refractivity contribution in [1.29, 1.82) is 0 Å². The minimum absolute atomic E-state index is 0.179. The summed E-state index contributed by atoms with van der Waals surface area (Å²) < 4.78 is 5.06. The van der Waals surface area contributed by atoms with E-state index in [1.54, 1.807) is 6.07 Å². The quantitative estimate of drug-likeness (QED) is 0.670. The fourth-order valence-corrected chi connectivity index (χ4v) is 3.85. The van der Waals surface area contributed by atoms with Crippen LogP contribution in [0.2, 0.25) is 0 Å². The number of esters is 1. The molecule has 2 aromatic rings. The molecule has 1 saturated heterocycles. The molecule has 7 heteroatoms. The molecule has 1 fully saturated rings. The molecule has 0 unspecified atom stereocenters. The molecule has 1 aliphatic heterocycles. The van der Waals surface area contributed by atoms with Gasteiger partial charge in [0.15, 0.2) is 0 Å². The number of aromatic hydroxyl groups is 1. The Morgan fingerprint density at radius 2 is 2.13 bits per heavy atom. The van der Waals surface area contributed by atoms with Gasteiger partial charge in [0.2, 0.25) is 0 Å². The van der Waals surface area contributed by atoms with Gasteiger partial charge in [0, 0.05) is 18.2 Å². The van der Waals surface area contributed by atoms with Crippen molar-refractivity contribution in [2.45, 2.75) is 52.5 Å². The SMILES string of the molecule is CCOC(=O)CN1CCC[C@@H](Nc2cc(C)c(-c3ccc(C(C)C)cc3O)nn2)C1. The number of aryl methyl sites for hydroxylation is 1. The average Bonchev–Trinajstić information content (AvgIpc) is 2.69. The molecule has 0 bridgehead atoms. The highest BCUT2D eigenvalue weighted by Gasteiger charge is 2.22. The number of likely N-dealkylation sites (tertiary alicyclic amines) is 1. The minimum Gasteiger partial charge on any atom is -0.507 e. The molecular formula is C23H32N4O3. The molecule has 30 heavy (non-hydrogen) atoms. The molecule has 7 nitrogen and oxygen atoms in total. The fourth-order valence-electron chi connectivity index (χ4n) is 3.85. The number of piperidine rings is 1. The third kappa shape index (κ3) is 5.48. The van der Waals surface area contributed by atoms with Crippen molar-refractivity contribution in [2.75, 3.05) is 31.6 Å². The third-order valence-electron chi connectivity index (χ3n) is 5.44. The first-order valence-corrected chi connectivity index (χ1v) is 10.7. The lowest BCUT2D eigenvalue weighted by atomic mass is 9.98. The zero-order valence-electron chi connectivity index (χ0n) is 18.3. The second-order valence-corrected chi connectivity index (χ2v) is 8.22. The molecule has 2 N–H and O–H groups in total. The molecule has 1 atom stereocenters. The van der Waals surface area contributed by atoms with Gasteiger partial charge in [0.25, 0.3) is 0 Å². The van der Waals surface area contributed by atoms with E-state index in [2.05, 4.69) is 34.3 Å².